The van der Waals surface area contributed by atoms with Gasteiger partial charge in [0.25, 0.3) is 0 Å². The zero-order valence-electron chi connectivity index (χ0n) is 19.9. The average Bonchev–Trinajstić information content (AvgIpc) is 2.71. The maximum absolute atomic E-state index is 13.6. The molecule has 0 aliphatic carbocycles. The lowest BCUT2D eigenvalue weighted by Gasteiger charge is -2.33. The summed E-state index contributed by atoms with van der Waals surface area (Å²) in [6.07, 6.45) is 0.910. The van der Waals surface area contributed by atoms with E-state index >= 15 is 0 Å². The summed E-state index contributed by atoms with van der Waals surface area (Å²) in [5.41, 5.74) is -0.0548. The minimum absolute atomic E-state index is 0.00326. The van der Waals surface area contributed by atoms with Crippen molar-refractivity contribution in [3.63, 3.8) is 0 Å². The van der Waals surface area contributed by atoms with Gasteiger partial charge in [-0.1, -0.05) is 40.9 Å². The third-order valence-electron chi connectivity index (χ3n) is 4.89. The van der Waals surface area contributed by atoms with Crippen molar-refractivity contribution in [2.24, 2.45) is 0 Å². The molecule has 0 unspecified atom stereocenters. The van der Waals surface area contributed by atoms with Gasteiger partial charge >= 0.3 is 0 Å². The van der Waals surface area contributed by atoms with Crippen molar-refractivity contribution in [1.82, 2.24) is 10.2 Å². The van der Waals surface area contributed by atoms with Gasteiger partial charge < -0.3 is 10.2 Å². The molecule has 0 spiro atoms. The molecule has 1 N–H and O–H groups in total. The number of carbonyl (C=O) groups is 2. The fourth-order valence-corrected chi connectivity index (χ4v) is 4.63. The molecule has 2 aromatic carbocycles. The van der Waals surface area contributed by atoms with E-state index in [4.69, 9.17) is 34.8 Å². The van der Waals surface area contributed by atoms with Crippen molar-refractivity contribution in [1.29, 1.82) is 0 Å². The van der Waals surface area contributed by atoms with Gasteiger partial charge in [-0.05, 0) is 63.6 Å². The van der Waals surface area contributed by atoms with Gasteiger partial charge in [0.1, 0.15) is 18.4 Å². The average molecular weight is 567 g/mol. The van der Waals surface area contributed by atoms with E-state index in [1.54, 1.807) is 32.9 Å². The van der Waals surface area contributed by atoms with Gasteiger partial charge in [-0.25, -0.2) is 12.8 Å². The standard InChI is InChI=1S/C23H27Cl3FN3O4S/c1-14(22(32)28-23(2,3)4)29(12-15-6-7-16(24)10-18(15)25)21(31)13-30(35(5,33)34)17-8-9-20(27)19(26)11-17/h6-11,14H,12-13H2,1-5H3,(H,28,32)/t14-/m0/s1. The van der Waals surface area contributed by atoms with E-state index < -0.39 is 45.8 Å². The summed E-state index contributed by atoms with van der Waals surface area (Å²) in [6.45, 7) is 6.17. The molecule has 12 heteroatoms. The Hall–Kier alpha value is -2.07. The van der Waals surface area contributed by atoms with Crippen molar-refractivity contribution in [3.8, 4) is 0 Å². The fourth-order valence-electron chi connectivity index (χ4n) is 3.14. The summed E-state index contributed by atoms with van der Waals surface area (Å²) in [6, 6.07) is 7.05. The summed E-state index contributed by atoms with van der Waals surface area (Å²) in [7, 11) is -3.98. The first-order valence-electron chi connectivity index (χ1n) is 10.5. The SMILES string of the molecule is C[C@@H](C(=O)NC(C)(C)C)N(Cc1ccc(Cl)cc1Cl)C(=O)CN(c1ccc(F)c(Cl)c1)S(C)(=O)=O. The lowest BCUT2D eigenvalue weighted by Crippen LogP contribution is -2.54. The summed E-state index contributed by atoms with van der Waals surface area (Å²) in [5, 5.41) is 3.19. The first kappa shape index (κ1) is 29.2. The van der Waals surface area contributed by atoms with Crippen LogP contribution in [0.2, 0.25) is 15.1 Å². The second-order valence-electron chi connectivity index (χ2n) is 9.04. The van der Waals surface area contributed by atoms with E-state index in [9.17, 15) is 22.4 Å². The lowest BCUT2D eigenvalue weighted by atomic mass is 10.1. The normalized spacial score (nSPS) is 12.7. The van der Waals surface area contributed by atoms with Crippen LogP contribution in [0.4, 0.5) is 10.1 Å². The van der Waals surface area contributed by atoms with Crippen LogP contribution in [0.5, 0.6) is 0 Å². The van der Waals surface area contributed by atoms with Crippen LogP contribution in [0.25, 0.3) is 0 Å². The monoisotopic (exact) mass is 565 g/mol. The minimum atomic E-state index is -3.98. The summed E-state index contributed by atoms with van der Waals surface area (Å²) >= 11 is 18.1. The van der Waals surface area contributed by atoms with Crippen LogP contribution >= 0.6 is 34.8 Å². The first-order chi connectivity index (χ1) is 16.0. The molecule has 1 atom stereocenters. The number of rotatable bonds is 8. The highest BCUT2D eigenvalue weighted by atomic mass is 35.5. The highest BCUT2D eigenvalue weighted by molar-refractivity contribution is 7.92. The molecule has 0 saturated carbocycles. The molecule has 192 valence electrons. The predicted molar refractivity (Wildman–Crippen MR) is 138 cm³/mol. The molecule has 2 rings (SSSR count). The molecule has 0 radical (unpaired) electrons. The van der Waals surface area contributed by atoms with Crippen molar-refractivity contribution >= 4 is 62.3 Å². The molecule has 0 saturated heterocycles. The van der Waals surface area contributed by atoms with Crippen molar-refractivity contribution in [2.45, 2.75) is 45.8 Å². The number of hydrogen-bond donors (Lipinski definition) is 1. The number of carbonyl (C=O) groups excluding carboxylic acids is 2. The maximum Gasteiger partial charge on any atom is 0.244 e. The second kappa shape index (κ2) is 11.3. The highest BCUT2D eigenvalue weighted by Gasteiger charge is 2.32. The van der Waals surface area contributed by atoms with Gasteiger partial charge in [-0.15, -0.1) is 0 Å². The van der Waals surface area contributed by atoms with E-state index in [0.29, 0.717) is 10.6 Å². The van der Waals surface area contributed by atoms with Gasteiger partial charge in [0, 0.05) is 22.1 Å². The molecule has 2 aromatic rings. The minimum Gasteiger partial charge on any atom is -0.350 e. The van der Waals surface area contributed by atoms with E-state index in [0.717, 1.165) is 22.7 Å². The Morgan fingerprint density at radius 1 is 1.06 bits per heavy atom. The fraction of sp³-hybridized carbons (Fsp3) is 0.391. The van der Waals surface area contributed by atoms with E-state index in [2.05, 4.69) is 5.32 Å². The number of sulfonamides is 1. The smallest absolute Gasteiger partial charge is 0.244 e. The molecule has 0 heterocycles. The molecular weight excluding hydrogens is 540 g/mol. The molecule has 2 amide bonds. The summed E-state index contributed by atoms with van der Waals surface area (Å²) < 4.78 is 39.5. The number of hydrogen-bond acceptors (Lipinski definition) is 4. The Morgan fingerprint density at radius 3 is 2.20 bits per heavy atom. The zero-order valence-corrected chi connectivity index (χ0v) is 23.0. The molecule has 0 bridgehead atoms. The molecule has 0 aromatic heterocycles. The number of amides is 2. The number of benzene rings is 2. The third kappa shape index (κ3) is 8.24. The van der Waals surface area contributed by atoms with E-state index in [1.807, 2.05) is 0 Å². The summed E-state index contributed by atoms with van der Waals surface area (Å²) in [4.78, 5) is 27.6. The van der Waals surface area contributed by atoms with Crippen LogP contribution in [0.3, 0.4) is 0 Å². The summed E-state index contributed by atoms with van der Waals surface area (Å²) in [5.74, 6) is -1.85. The molecule has 35 heavy (non-hydrogen) atoms. The number of nitrogens with zero attached hydrogens (tertiary/aromatic N) is 2. The quantitative estimate of drug-likeness (QED) is 0.493. The second-order valence-corrected chi connectivity index (χ2v) is 12.2. The van der Waals surface area contributed by atoms with E-state index in [1.165, 1.54) is 24.0 Å². The number of halogens is 4. The number of anilines is 1. The highest BCUT2D eigenvalue weighted by Crippen LogP contribution is 2.26. The molecule has 7 nitrogen and oxygen atoms in total. The largest absolute Gasteiger partial charge is 0.350 e. The van der Waals surface area contributed by atoms with Crippen molar-refractivity contribution in [3.05, 3.63) is 62.8 Å². The van der Waals surface area contributed by atoms with Crippen LogP contribution in [0, 0.1) is 5.82 Å². The Morgan fingerprint density at radius 2 is 1.69 bits per heavy atom. The van der Waals surface area contributed by atoms with Crippen molar-refractivity contribution in [2.75, 3.05) is 17.1 Å². The Bertz CT molecular complexity index is 1220. The first-order valence-corrected chi connectivity index (χ1v) is 13.5. The zero-order chi connectivity index (χ0) is 26.7. The number of nitrogens with one attached hydrogen (secondary N) is 1. The molecular formula is C23H27Cl3FN3O4S. The third-order valence-corrected chi connectivity index (χ3v) is 6.91. The van der Waals surface area contributed by atoms with Crippen LogP contribution in [0.15, 0.2) is 36.4 Å². The molecule has 0 fully saturated rings. The van der Waals surface area contributed by atoms with Crippen molar-refractivity contribution < 1.29 is 22.4 Å². The lowest BCUT2D eigenvalue weighted by molar-refractivity contribution is -0.140. The van der Waals surface area contributed by atoms with Crippen LogP contribution < -0.4 is 9.62 Å². The maximum atomic E-state index is 13.6. The Balaban J connectivity index is 2.46. The van der Waals surface area contributed by atoms with Gasteiger partial charge in [0.2, 0.25) is 21.8 Å². The molecule has 0 aliphatic heterocycles. The Labute approximate surface area is 220 Å². The van der Waals surface area contributed by atoms with Gasteiger partial charge in [0.15, 0.2) is 0 Å². The van der Waals surface area contributed by atoms with Gasteiger partial charge in [-0.2, -0.15) is 0 Å². The van der Waals surface area contributed by atoms with Crippen LogP contribution in [0.1, 0.15) is 33.3 Å². The van der Waals surface area contributed by atoms with Gasteiger partial charge in [-0.3, -0.25) is 13.9 Å². The van der Waals surface area contributed by atoms with Crippen LogP contribution in [-0.4, -0.2) is 49.5 Å². The Kier molecular flexibility index (Phi) is 9.44. The van der Waals surface area contributed by atoms with Gasteiger partial charge in [0.05, 0.1) is 17.0 Å². The predicted octanol–water partition coefficient (Wildman–Crippen LogP) is 4.88. The van der Waals surface area contributed by atoms with E-state index in [-0.39, 0.29) is 22.3 Å². The molecule has 0 aliphatic rings. The van der Waals surface area contributed by atoms with Crippen LogP contribution in [-0.2, 0) is 26.2 Å². The topological polar surface area (TPSA) is 86.8 Å².